The number of carbonyl (C=O) groups is 2. The number of unbranched alkanes of at least 4 members (excludes halogenated alkanes) is 6. The van der Waals surface area contributed by atoms with E-state index < -0.39 is 32.5 Å². The van der Waals surface area contributed by atoms with Crippen molar-refractivity contribution >= 4 is 19.8 Å². The zero-order valence-electron chi connectivity index (χ0n) is 37.3. The molecule has 0 saturated carbocycles. The Morgan fingerprint density at radius 2 is 1.05 bits per heavy atom. The highest BCUT2D eigenvalue weighted by atomic mass is 31.2. The number of hydrogen-bond donors (Lipinski definition) is 2. The lowest BCUT2D eigenvalue weighted by Crippen LogP contribution is -2.37. The molecule has 0 heterocycles. The summed E-state index contributed by atoms with van der Waals surface area (Å²) in [5.74, 6) is -0.964. The van der Waals surface area contributed by atoms with Crippen molar-refractivity contribution in [2.24, 2.45) is 0 Å². The van der Waals surface area contributed by atoms with Crippen LogP contribution in [-0.2, 0) is 32.7 Å². The molecule has 11 heteroatoms. The van der Waals surface area contributed by atoms with Gasteiger partial charge in [0, 0.05) is 12.8 Å². The summed E-state index contributed by atoms with van der Waals surface area (Å²) in [5, 5.41) is 9.83. The van der Waals surface area contributed by atoms with Gasteiger partial charge in [-0.2, -0.15) is 0 Å². The third kappa shape index (κ3) is 42.8. The van der Waals surface area contributed by atoms with Gasteiger partial charge in [0.25, 0.3) is 0 Å². The maximum Gasteiger partial charge on any atom is 0.472 e. The van der Waals surface area contributed by atoms with Crippen LogP contribution in [0.5, 0.6) is 0 Å². The van der Waals surface area contributed by atoms with Crippen molar-refractivity contribution < 1.29 is 47.2 Å². The van der Waals surface area contributed by atoms with Gasteiger partial charge in [-0.1, -0.05) is 137 Å². The predicted octanol–water partition coefficient (Wildman–Crippen LogP) is 11.5. The Balaban J connectivity index is 4.60. The summed E-state index contributed by atoms with van der Waals surface area (Å²) in [6, 6.07) is 0. The Morgan fingerprint density at radius 3 is 1.54 bits per heavy atom. The van der Waals surface area contributed by atoms with E-state index in [9.17, 15) is 24.2 Å². The van der Waals surface area contributed by atoms with Crippen LogP contribution in [0.3, 0.4) is 0 Å². The van der Waals surface area contributed by atoms with Crippen molar-refractivity contribution in [3.8, 4) is 0 Å². The number of likely N-dealkylation sites (N-methyl/N-ethyl adjacent to an activating group) is 1. The van der Waals surface area contributed by atoms with Crippen molar-refractivity contribution in [3.63, 3.8) is 0 Å². The van der Waals surface area contributed by atoms with Crippen LogP contribution in [0.25, 0.3) is 0 Å². The number of aliphatic hydroxyl groups excluding tert-OH is 1. The minimum Gasteiger partial charge on any atom is -0.462 e. The Bertz CT molecular complexity index is 1340. The first kappa shape index (κ1) is 55.9. The Hall–Kier alpha value is -3.11. The molecule has 0 radical (unpaired) electrons. The fraction of sp³-hybridized carbons (Fsp3) is 0.625. The number of aliphatic hydroxyl groups is 1. The number of rotatable bonds is 38. The number of phosphoric acid groups is 1. The third-order valence-corrected chi connectivity index (χ3v) is 9.64. The summed E-state index contributed by atoms with van der Waals surface area (Å²) in [6.07, 6.45) is 48.1. The van der Waals surface area contributed by atoms with Crippen LogP contribution < -0.4 is 0 Å². The van der Waals surface area contributed by atoms with Gasteiger partial charge in [0.05, 0.1) is 33.9 Å². The normalized spacial score (nSPS) is 15.0. The number of carbonyl (C=O) groups excluding carboxylic acids is 2. The average Bonchev–Trinajstić information content (AvgIpc) is 3.18. The van der Waals surface area contributed by atoms with Gasteiger partial charge in [-0.25, -0.2) is 4.57 Å². The monoisotopic (exact) mass is 847 g/mol. The third-order valence-electron chi connectivity index (χ3n) is 8.66. The lowest BCUT2D eigenvalue weighted by molar-refractivity contribution is -0.870. The van der Waals surface area contributed by atoms with Gasteiger partial charge in [-0.05, 0) is 83.5 Å². The van der Waals surface area contributed by atoms with E-state index in [0.29, 0.717) is 30.3 Å². The topological polar surface area (TPSA) is 129 Å². The highest BCUT2D eigenvalue weighted by molar-refractivity contribution is 7.47. The molecule has 0 bridgehead atoms. The maximum absolute atomic E-state index is 12.7. The molecule has 0 fully saturated rings. The molecule has 2 N–H and O–H groups in total. The van der Waals surface area contributed by atoms with Crippen LogP contribution >= 0.6 is 7.82 Å². The summed E-state index contributed by atoms with van der Waals surface area (Å²) in [7, 11) is 1.37. The molecular formula is C48H81NO9P+. The van der Waals surface area contributed by atoms with Gasteiger partial charge in [0.2, 0.25) is 0 Å². The van der Waals surface area contributed by atoms with Crippen LogP contribution in [0.15, 0.2) is 97.2 Å². The second-order valence-corrected chi connectivity index (χ2v) is 17.0. The van der Waals surface area contributed by atoms with Crippen LogP contribution in [0.2, 0.25) is 0 Å². The van der Waals surface area contributed by atoms with Crippen molar-refractivity contribution in [2.45, 2.75) is 148 Å². The molecule has 0 saturated heterocycles. The first-order valence-electron chi connectivity index (χ1n) is 22.1. The number of ether oxygens (including phenoxy) is 2. The molecule has 0 aliphatic rings. The number of hydrogen-bond acceptors (Lipinski definition) is 8. The first-order chi connectivity index (χ1) is 28.4. The Kier molecular flexibility index (Phi) is 37.0. The van der Waals surface area contributed by atoms with Gasteiger partial charge >= 0.3 is 19.8 Å². The quantitative estimate of drug-likeness (QED) is 0.0205. The van der Waals surface area contributed by atoms with Crippen LogP contribution in [0.4, 0.5) is 0 Å². The van der Waals surface area contributed by atoms with Gasteiger partial charge < -0.3 is 24.0 Å². The molecule has 0 aromatic carbocycles. The minimum absolute atomic E-state index is 0.0000824. The molecule has 0 aliphatic carbocycles. The van der Waals surface area contributed by atoms with Crippen LogP contribution in [0, 0.1) is 0 Å². The molecule has 59 heavy (non-hydrogen) atoms. The standard InChI is InChI=1S/C48H80NO9P/c1-6-8-10-11-12-13-14-15-16-17-18-19-23-26-29-32-35-39-47(51)55-43-46(44-57-59(53,54)56-42-41-49(3,4)5)58-48(52)40-36-33-30-27-24-21-20-22-25-28-31-34-38-45(50)37-9-7-2/h12-13,15-16,18-21,25-30,34,38,45-46,50H,6-11,14,17,22-24,31-33,35-37,39-44H2,1-5H3/p+1/b13-12-,16-15-,19-18-,21-20-,28-25-,29-26-,30-27-,38-34-/t45-,46-/m1/s1. The molecular weight excluding hydrogens is 765 g/mol. The second-order valence-electron chi connectivity index (χ2n) is 15.5. The van der Waals surface area contributed by atoms with E-state index in [1.807, 2.05) is 51.5 Å². The molecule has 336 valence electrons. The van der Waals surface area contributed by atoms with Gasteiger partial charge in [-0.15, -0.1) is 0 Å². The predicted molar refractivity (Wildman–Crippen MR) is 244 cm³/mol. The van der Waals surface area contributed by atoms with Crippen molar-refractivity contribution in [1.29, 1.82) is 0 Å². The van der Waals surface area contributed by atoms with Crippen LogP contribution in [0.1, 0.15) is 136 Å². The van der Waals surface area contributed by atoms with E-state index in [0.717, 1.165) is 64.2 Å². The Labute approximate surface area is 358 Å². The molecule has 0 spiro atoms. The van der Waals surface area contributed by atoms with Crippen molar-refractivity contribution in [1.82, 2.24) is 0 Å². The summed E-state index contributed by atoms with van der Waals surface area (Å²) >= 11 is 0. The zero-order valence-corrected chi connectivity index (χ0v) is 38.2. The fourth-order valence-corrected chi connectivity index (χ4v) is 5.87. The molecule has 3 atom stereocenters. The van der Waals surface area contributed by atoms with Crippen molar-refractivity contribution in [3.05, 3.63) is 97.2 Å². The lowest BCUT2D eigenvalue weighted by Gasteiger charge is -2.24. The first-order valence-corrected chi connectivity index (χ1v) is 23.5. The van der Waals surface area contributed by atoms with E-state index in [2.05, 4.69) is 80.7 Å². The van der Waals surface area contributed by atoms with E-state index in [4.69, 9.17) is 18.5 Å². The molecule has 0 aromatic heterocycles. The summed E-state index contributed by atoms with van der Waals surface area (Å²) in [6.45, 7) is 4.06. The van der Waals surface area contributed by atoms with Crippen LogP contribution in [-0.4, -0.2) is 86.1 Å². The average molecular weight is 847 g/mol. The molecule has 0 rings (SSSR count). The highest BCUT2D eigenvalue weighted by Crippen LogP contribution is 2.43. The smallest absolute Gasteiger partial charge is 0.462 e. The van der Waals surface area contributed by atoms with E-state index >= 15 is 0 Å². The molecule has 0 aliphatic heterocycles. The summed E-state index contributed by atoms with van der Waals surface area (Å²) in [5.41, 5.74) is 0. The van der Waals surface area contributed by atoms with Gasteiger partial charge in [-0.3, -0.25) is 18.6 Å². The molecule has 1 unspecified atom stereocenters. The summed E-state index contributed by atoms with van der Waals surface area (Å²) in [4.78, 5) is 35.3. The number of esters is 2. The maximum atomic E-state index is 12.7. The molecule has 10 nitrogen and oxygen atoms in total. The van der Waals surface area contributed by atoms with E-state index in [1.54, 1.807) is 0 Å². The summed E-state index contributed by atoms with van der Waals surface area (Å²) < 4.78 is 34.1. The van der Waals surface area contributed by atoms with Gasteiger partial charge in [0.1, 0.15) is 19.8 Å². The molecule has 0 amide bonds. The fourth-order valence-electron chi connectivity index (χ4n) is 5.13. The van der Waals surface area contributed by atoms with E-state index in [1.165, 1.54) is 25.7 Å². The zero-order chi connectivity index (χ0) is 43.7. The highest BCUT2D eigenvalue weighted by Gasteiger charge is 2.27. The van der Waals surface area contributed by atoms with E-state index in [-0.39, 0.29) is 32.2 Å². The second kappa shape index (κ2) is 39.1. The number of quaternary nitrogens is 1. The number of allylic oxidation sites excluding steroid dienone is 15. The Morgan fingerprint density at radius 1 is 0.593 bits per heavy atom. The molecule has 0 aromatic rings. The number of nitrogens with zero attached hydrogens (tertiary/aromatic N) is 1. The van der Waals surface area contributed by atoms with Gasteiger partial charge in [0.15, 0.2) is 6.10 Å². The minimum atomic E-state index is -4.42. The largest absolute Gasteiger partial charge is 0.472 e. The SMILES string of the molecule is CCCCC/C=C\C/C=C\C/C=C\C/C=C\CCCC(=O)OC[C@H](COP(=O)(O)OCC[N+](C)(C)C)OC(=O)CCC/C=C\C/C=C\C/C=C\C/C=C\[C@H](O)CCCC. The van der Waals surface area contributed by atoms with Crippen molar-refractivity contribution in [2.75, 3.05) is 47.5 Å². The number of phosphoric ester groups is 1. The lowest BCUT2D eigenvalue weighted by atomic mass is 10.1.